The van der Waals surface area contributed by atoms with Crippen LogP contribution >= 0.6 is 11.6 Å². The molecule has 0 saturated carbocycles. The monoisotopic (exact) mass is 302 g/mol. The van der Waals surface area contributed by atoms with Crippen molar-refractivity contribution in [2.24, 2.45) is 0 Å². The second-order valence-corrected chi connectivity index (χ2v) is 4.50. The Balaban J connectivity index is 1.82. The van der Waals surface area contributed by atoms with E-state index in [2.05, 4.69) is 29.9 Å². The van der Waals surface area contributed by atoms with Crippen LogP contribution in [0.3, 0.4) is 0 Å². The van der Waals surface area contributed by atoms with Gasteiger partial charge in [0, 0.05) is 25.0 Å². The zero-order valence-corrected chi connectivity index (χ0v) is 11.9. The number of H-pyrrole nitrogens is 1. The molecule has 3 aromatic rings. The van der Waals surface area contributed by atoms with Gasteiger partial charge in [0.15, 0.2) is 16.8 Å². The standard InChI is InChI=1S/C13H11ClN6O/c1-21-10-7-17-9(11(14)20-10)5-8-6-18-13(19-8)12-15-3-2-4-16-12/h2-4,6-7H,5H2,1H3,(H,18,19). The number of hydrogen-bond acceptors (Lipinski definition) is 6. The van der Waals surface area contributed by atoms with Crippen LogP contribution in [0.4, 0.5) is 0 Å². The Hall–Kier alpha value is -2.54. The van der Waals surface area contributed by atoms with Crippen molar-refractivity contribution in [3.05, 3.63) is 47.4 Å². The minimum absolute atomic E-state index is 0.301. The van der Waals surface area contributed by atoms with Crippen molar-refractivity contribution in [1.29, 1.82) is 0 Å². The number of rotatable bonds is 4. The van der Waals surface area contributed by atoms with Crippen molar-refractivity contribution in [2.75, 3.05) is 7.11 Å². The minimum atomic E-state index is 0.301. The number of nitrogens with zero attached hydrogens (tertiary/aromatic N) is 5. The fourth-order valence-corrected chi connectivity index (χ4v) is 1.95. The molecule has 0 saturated heterocycles. The summed E-state index contributed by atoms with van der Waals surface area (Å²) in [6, 6.07) is 1.75. The molecular weight excluding hydrogens is 292 g/mol. The fraction of sp³-hybridized carbons (Fsp3) is 0.154. The molecule has 0 aromatic carbocycles. The van der Waals surface area contributed by atoms with Crippen molar-refractivity contribution < 1.29 is 4.74 Å². The number of imidazole rings is 1. The Kier molecular flexibility index (Phi) is 3.74. The predicted molar refractivity (Wildman–Crippen MR) is 76.0 cm³/mol. The lowest BCUT2D eigenvalue weighted by Gasteiger charge is -2.02. The molecule has 0 aliphatic rings. The van der Waals surface area contributed by atoms with Gasteiger partial charge in [-0.15, -0.1) is 0 Å². The third-order valence-corrected chi connectivity index (χ3v) is 3.05. The van der Waals surface area contributed by atoms with E-state index in [1.165, 1.54) is 13.3 Å². The third-order valence-electron chi connectivity index (χ3n) is 2.74. The number of methoxy groups -OCH3 is 1. The summed E-state index contributed by atoms with van der Waals surface area (Å²) in [6.07, 6.45) is 7.08. The molecular formula is C13H11ClN6O. The highest BCUT2D eigenvalue weighted by Crippen LogP contribution is 2.18. The summed E-state index contributed by atoms with van der Waals surface area (Å²) in [4.78, 5) is 24.0. The Morgan fingerprint density at radius 1 is 1.19 bits per heavy atom. The SMILES string of the molecule is COc1cnc(Cc2c[nH]c(-c3ncccn3)n2)c(Cl)n1. The lowest BCUT2D eigenvalue weighted by molar-refractivity contribution is 0.395. The Labute approximate surface area is 125 Å². The predicted octanol–water partition coefficient (Wildman–Crippen LogP) is 1.91. The van der Waals surface area contributed by atoms with Gasteiger partial charge in [0.2, 0.25) is 5.88 Å². The van der Waals surface area contributed by atoms with Crippen molar-refractivity contribution in [3.63, 3.8) is 0 Å². The van der Waals surface area contributed by atoms with Crippen molar-refractivity contribution in [3.8, 4) is 17.5 Å². The van der Waals surface area contributed by atoms with E-state index in [-0.39, 0.29) is 0 Å². The summed E-state index contributed by atoms with van der Waals surface area (Å²) in [7, 11) is 1.51. The zero-order chi connectivity index (χ0) is 14.7. The maximum Gasteiger partial charge on any atom is 0.233 e. The molecule has 0 atom stereocenters. The van der Waals surface area contributed by atoms with E-state index in [9.17, 15) is 0 Å². The van der Waals surface area contributed by atoms with Crippen LogP contribution in [-0.2, 0) is 6.42 Å². The fourth-order valence-electron chi connectivity index (χ4n) is 1.75. The number of ether oxygens (including phenoxy) is 1. The van der Waals surface area contributed by atoms with Gasteiger partial charge < -0.3 is 9.72 Å². The van der Waals surface area contributed by atoms with Crippen LogP contribution in [0.25, 0.3) is 11.6 Å². The molecule has 3 aromatic heterocycles. The van der Waals surface area contributed by atoms with E-state index < -0.39 is 0 Å². The van der Waals surface area contributed by atoms with Gasteiger partial charge >= 0.3 is 0 Å². The van der Waals surface area contributed by atoms with Crippen molar-refractivity contribution in [1.82, 2.24) is 29.9 Å². The van der Waals surface area contributed by atoms with E-state index in [0.29, 0.717) is 34.8 Å². The molecule has 3 rings (SSSR count). The lowest BCUT2D eigenvalue weighted by Crippen LogP contribution is -1.98. The van der Waals surface area contributed by atoms with Gasteiger partial charge in [0.05, 0.1) is 24.7 Å². The van der Waals surface area contributed by atoms with Gasteiger partial charge in [-0.2, -0.15) is 4.98 Å². The highest BCUT2D eigenvalue weighted by molar-refractivity contribution is 6.30. The maximum absolute atomic E-state index is 6.07. The lowest BCUT2D eigenvalue weighted by atomic mass is 10.2. The summed E-state index contributed by atoms with van der Waals surface area (Å²) < 4.78 is 4.97. The molecule has 3 heterocycles. The maximum atomic E-state index is 6.07. The number of hydrogen-bond donors (Lipinski definition) is 1. The van der Waals surface area contributed by atoms with Crippen LogP contribution in [0.2, 0.25) is 5.15 Å². The van der Waals surface area contributed by atoms with Crippen LogP contribution in [0.5, 0.6) is 5.88 Å². The average molecular weight is 303 g/mol. The van der Waals surface area contributed by atoms with E-state index in [1.54, 1.807) is 24.7 Å². The topological polar surface area (TPSA) is 89.5 Å². The molecule has 0 spiro atoms. The van der Waals surface area contributed by atoms with Crippen LogP contribution in [0.15, 0.2) is 30.9 Å². The van der Waals surface area contributed by atoms with E-state index in [1.807, 2.05) is 0 Å². The zero-order valence-electron chi connectivity index (χ0n) is 11.1. The van der Waals surface area contributed by atoms with Crippen molar-refractivity contribution >= 4 is 11.6 Å². The molecule has 0 radical (unpaired) electrons. The van der Waals surface area contributed by atoms with Crippen molar-refractivity contribution in [2.45, 2.75) is 6.42 Å². The van der Waals surface area contributed by atoms with Gasteiger partial charge in [-0.25, -0.2) is 15.0 Å². The number of halogens is 1. The highest BCUT2D eigenvalue weighted by atomic mass is 35.5. The largest absolute Gasteiger partial charge is 0.480 e. The minimum Gasteiger partial charge on any atom is -0.480 e. The Morgan fingerprint density at radius 3 is 2.71 bits per heavy atom. The van der Waals surface area contributed by atoms with Gasteiger partial charge in [-0.3, -0.25) is 4.98 Å². The first kappa shape index (κ1) is 13.4. The third kappa shape index (κ3) is 2.97. The molecule has 0 amide bonds. The van der Waals surface area contributed by atoms with Gasteiger partial charge in [-0.1, -0.05) is 11.6 Å². The first-order chi connectivity index (χ1) is 10.3. The molecule has 0 fully saturated rings. The number of aromatic nitrogens is 6. The van der Waals surface area contributed by atoms with Crippen LogP contribution < -0.4 is 4.74 Å². The van der Waals surface area contributed by atoms with E-state index in [0.717, 1.165) is 5.69 Å². The first-order valence-corrected chi connectivity index (χ1v) is 6.51. The normalized spacial score (nSPS) is 10.6. The summed E-state index contributed by atoms with van der Waals surface area (Å²) in [5.74, 6) is 1.52. The van der Waals surface area contributed by atoms with Gasteiger partial charge in [-0.05, 0) is 6.07 Å². The number of nitrogens with one attached hydrogen (secondary N) is 1. The molecule has 106 valence electrons. The molecule has 0 aliphatic carbocycles. The molecule has 1 N–H and O–H groups in total. The average Bonchev–Trinajstić information content (AvgIpc) is 2.99. The van der Waals surface area contributed by atoms with Gasteiger partial charge in [0.1, 0.15) is 0 Å². The quantitative estimate of drug-likeness (QED) is 0.792. The molecule has 8 heteroatoms. The summed E-state index contributed by atoms with van der Waals surface area (Å²) in [5.41, 5.74) is 1.41. The summed E-state index contributed by atoms with van der Waals surface area (Å²) in [6.45, 7) is 0. The molecule has 21 heavy (non-hydrogen) atoms. The molecule has 0 aliphatic heterocycles. The Morgan fingerprint density at radius 2 is 2.00 bits per heavy atom. The van der Waals surface area contributed by atoms with Crippen LogP contribution in [-0.4, -0.2) is 37.0 Å². The summed E-state index contributed by atoms with van der Waals surface area (Å²) >= 11 is 6.07. The van der Waals surface area contributed by atoms with Crippen LogP contribution in [0, 0.1) is 0 Å². The van der Waals surface area contributed by atoms with Gasteiger partial charge in [0.25, 0.3) is 0 Å². The van der Waals surface area contributed by atoms with E-state index in [4.69, 9.17) is 16.3 Å². The highest BCUT2D eigenvalue weighted by Gasteiger charge is 2.11. The molecule has 7 nitrogen and oxygen atoms in total. The molecule has 0 bridgehead atoms. The second kappa shape index (κ2) is 5.84. The second-order valence-electron chi connectivity index (χ2n) is 4.14. The smallest absolute Gasteiger partial charge is 0.233 e. The Bertz CT molecular complexity index is 745. The van der Waals surface area contributed by atoms with E-state index >= 15 is 0 Å². The number of aromatic amines is 1. The first-order valence-electron chi connectivity index (χ1n) is 6.13. The van der Waals surface area contributed by atoms with Crippen LogP contribution in [0.1, 0.15) is 11.4 Å². The molecule has 0 unspecified atom stereocenters. The summed E-state index contributed by atoms with van der Waals surface area (Å²) in [5, 5.41) is 0.301.